The van der Waals surface area contributed by atoms with Gasteiger partial charge in [0, 0.05) is 0 Å². The maximum Gasteiger partial charge on any atom is 0.335 e. The molecule has 0 fully saturated rings. The predicted octanol–water partition coefficient (Wildman–Crippen LogP) is 7.29. The molecule has 0 aliphatic carbocycles. The number of carboxylic acid groups (broad SMARTS) is 1. The Bertz CT molecular complexity index is 1080. The summed E-state index contributed by atoms with van der Waals surface area (Å²) in [5.74, 6) is 2.04. The molecule has 0 aromatic heterocycles. The highest BCUT2D eigenvalue weighted by Gasteiger charge is 2.12. The number of carboxylic acids is 1. The first-order valence-corrected chi connectivity index (χ1v) is 11.9. The van der Waals surface area contributed by atoms with E-state index in [2.05, 4.69) is 33.8 Å². The molecule has 0 spiro atoms. The fraction of sp³-hybridized carbons (Fsp3) is 0.345. The standard InChI is InChI=1S/C29H34O5/c1-5-6-7-8-27-20(2)19-28(22(4)21(27)3)34-26-15-13-25(14-16-26)33-18-17-32-24-11-9-23(10-12-24)29(30)31/h9-16,19H,5-8,17-18H2,1-4H3,(H,30,31). The van der Waals surface area contributed by atoms with Crippen molar-refractivity contribution in [2.24, 2.45) is 0 Å². The lowest BCUT2D eigenvalue weighted by Crippen LogP contribution is -2.09. The van der Waals surface area contributed by atoms with Crippen molar-refractivity contribution in [1.82, 2.24) is 0 Å². The Balaban J connectivity index is 1.52. The van der Waals surface area contributed by atoms with Gasteiger partial charge >= 0.3 is 5.97 Å². The first-order chi connectivity index (χ1) is 16.4. The number of aryl methyl sites for hydroxylation is 1. The maximum absolute atomic E-state index is 10.9. The largest absolute Gasteiger partial charge is 0.490 e. The number of benzene rings is 3. The van der Waals surface area contributed by atoms with Crippen LogP contribution in [0.4, 0.5) is 0 Å². The number of aromatic carboxylic acids is 1. The molecular formula is C29H34O5. The number of rotatable bonds is 12. The average molecular weight is 463 g/mol. The molecule has 0 amide bonds. The molecular weight excluding hydrogens is 428 g/mol. The second-order valence-electron chi connectivity index (χ2n) is 8.48. The van der Waals surface area contributed by atoms with Crippen molar-refractivity contribution in [3.05, 3.63) is 82.4 Å². The molecule has 0 bridgehead atoms. The molecule has 3 rings (SSSR count). The predicted molar refractivity (Wildman–Crippen MR) is 135 cm³/mol. The van der Waals surface area contributed by atoms with Gasteiger partial charge in [0.05, 0.1) is 5.56 Å². The van der Waals surface area contributed by atoms with Crippen LogP contribution < -0.4 is 14.2 Å². The van der Waals surface area contributed by atoms with Crippen LogP contribution in [0.1, 0.15) is 58.8 Å². The number of hydrogen-bond acceptors (Lipinski definition) is 4. The van der Waals surface area contributed by atoms with Crippen LogP contribution in [0.3, 0.4) is 0 Å². The van der Waals surface area contributed by atoms with Gasteiger partial charge in [-0.05, 0) is 110 Å². The van der Waals surface area contributed by atoms with Gasteiger partial charge in [0.15, 0.2) is 0 Å². The topological polar surface area (TPSA) is 65.0 Å². The van der Waals surface area contributed by atoms with Crippen LogP contribution in [0, 0.1) is 20.8 Å². The van der Waals surface area contributed by atoms with Crippen molar-refractivity contribution in [2.45, 2.75) is 53.4 Å². The normalized spacial score (nSPS) is 10.7. The molecule has 3 aromatic carbocycles. The highest BCUT2D eigenvalue weighted by Crippen LogP contribution is 2.32. The van der Waals surface area contributed by atoms with Gasteiger partial charge in [0.2, 0.25) is 0 Å². The van der Waals surface area contributed by atoms with Crippen LogP contribution >= 0.6 is 0 Å². The Morgan fingerprint density at radius 2 is 1.35 bits per heavy atom. The van der Waals surface area contributed by atoms with E-state index in [1.165, 1.54) is 53.6 Å². The van der Waals surface area contributed by atoms with Gasteiger partial charge in [0.25, 0.3) is 0 Å². The van der Waals surface area contributed by atoms with E-state index in [4.69, 9.17) is 19.3 Å². The van der Waals surface area contributed by atoms with Crippen molar-refractivity contribution >= 4 is 5.97 Å². The fourth-order valence-corrected chi connectivity index (χ4v) is 3.89. The van der Waals surface area contributed by atoms with Crippen molar-refractivity contribution in [3.63, 3.8) is 0 Å². The quantitative estimate of drug-likeness (QED) is 0.286. The average Bonchev–Trinajstić information content (AvgIpc) is 2.83. The summed E-state index contributed by atoms with van der Waals surface area (Å²) >= 11 is 0. The van der Waals surface area contributed by atoms with E-state index in [1.807, 2.05) is 24.3 Å². The highest BCUT2D eigenvalue weighted by atomic mass is 16.5. The van der Waals surface area contributed by atoms with E-state index in [-0.39, 0.29) is 5.56 Å². The van der Waals surface area contributed by atoms with Gasteiger partial charge in [-0.15, -0.1) is 0 Å². The second-order valence-corrected chi connectivity index (χ2v) is 8.48. The van der Waals surface area contributed by atoms with Crippen LogP contribution in [-0.2, 0) is 6.42 Å². The Kier molecular flexibility index (Phi) is 8.97. The number of unbranched alkanes of at least 4 members (excludes halogenated alkanes) is 2. The van der Waals surface area contributed by atoms with Crippen molar-refractivity contribution in [1.29, 1.82) is 0 Å². The van der Waals surface area contributed by atoms with E-state index in [0.29, 0.717) is 19.0 Å². The fourth-order valence-electron chi connectivity index (χ4n) is 3.89. The first-order valence-electron chi connectivity index (χ1n) is 11.9. The zero-order valence-corrected chi connectivity index (χ0v) is 20.5. The molecule has 0 radical (unpaired) electrons. The summed E-state index contributed by atoms with van der Waals surface area (Å²) in [6, 6.07) is 16.0. The van der Waals surface area contributed by atoms with Gasteiger partial charge in [-0.1, -0.05) is 19.8 Å². The van der Waals surface area contributed by atoms with Crippen LogP contribution in [0.5, 0.6) is 23.0 Å². The molecule has 0 saturated heterocycles. The molecule has 1 N–H and O–H groups in total. The molecule has 5 nitrogen and oxygen atoms in total. The molecule has 0 heterocycles. The van der Waals surface area contributed by atoms with Crippen molar-refractivity contribution < 1.29 is 24.1 Å². The minimum absolute atomic E-state index is 0.231. The molecule has 0 aliphatic heterocycles. The van der Waals surface area contributed by atoms with E-state index >= 15 is 0 Å². The minimum Gasteiger partial charge on any atom is -0.490 e. The van der Waals surface area contributed by atoms with Gasteiger partial charge in [0.1, 0.15) is 36.2 Å². The molecule has 0 unspecified atom stereocenters. The minimum atomic E-state index is -0.956. The zero-order chi connectivity index (χ0) is 24.5. The summed E-state index contributed by atoms with van der Waals surface area (Å²) in [5.41, 5.74) is 5.47. The van der Waals surface area contributed by atoms with Crippen LogP contribution in [0.15, 0.2) is 54.6 Å². The Morgan fingerprint density at radius 3 is 1.91 bits per heavy atom. The molecule has 34 heavy (non-hydrogen) atoms. The van der Waals surface area contributed by atoms with Crippen LogP contribution in [-0.4, -0.2) is 24.3 Å². The number of carbonyl (C=O) groups is 1. The molecule has 0 saturated carbocycles. The first kappa shape index (κ1) is 25.2. The lowest BCUT2D eigenvalue weighted by Gasteiger charge is -2.17. The highest BCUT2D eigenvalue weighted by molar-refractivity contribution is 5.87. The summed E-state index contributed by atoms with van der Waals surface area (Å²) in [4.78, 5) is 10.9. The molecule has 5 heteroatoms. The summed E-state index contributed by atoms with van der Waals surface area (Å²) in [6.45, 7) is 9.44. The van der Waals surface area contributed by atoms with E-state index in [1.54, 1.807) is 12.1 Å². The Hall–Kier alpha value is -3.47. The zero-order valence-electron chi connectivity index (χ0n) is 20.5. The number of hydrogen-bond donors (Lipinski definition) is 1. The molecule has 3 aromatic rings. The van der Waals surface area contributed by atoms with E-state index < -0.39 is 5.97 Å². The third-order valence-electron chi connectivity index (χ3n) is 6.01. The van der Waals surface area contributed by atoms with Crippen molar-refractivity contribution in [3.8, 4) is 23.0 Å². The van der Waals surface area contributed by atoms with E-state index in [9.17, 15) is 4.79 Å². The van der Waals surface area contributed by atoms with Crippen molar-refractivity contribution in [2.75, 3.05) is 13.2 Å². The van der Waals surface area contributed by atoms with Gasteiger partial charge in [-0.2, -0.15) is 0 Å². The summed E-state index contributed by atoms with van der Waals surface area (Å²) < 4.78 is 17.5. The maximum atomic E-state index is 10.9. The molecule has 0 aliphatic rings. The summed E-state index contributed by atoms with van der Waals surface area (Å²) in [5, 5.41) is 8.93. The second kappa shape index (κ2) is 12.1. The number of ether oxygens (including phenoxy) is 3. The molecule has 0 atom stereocenters. The van der Waals surface area contributed by atoms with Gasteiger partial charge < -0.3 is 19.3 Å². The van der Waals surface area contributed by atoms with Crippen LogP contribution in [0.25, 0.3) is 0 Å². The van der Waals surface area contributed by atoms with Gasteiger partial charge in [-0.25, -0.2) is 4.79 Å². The summed E-state index contributed by atoms with van der Waals surface area (Å²) in [7, 11) is 0. The Labute approximate surface area is 202 Å². The third kappa shape index (κ3) is 6.77. The molecule has 180 valence electrons. The summed E-state index contributed by atoms with van der Waals surface area (Å²) in [6.07, 6.45) is 4.83. The third-order valence-corrected chi connectivity index (χ3v) is 6.01. The Morgan fingerprint density at radius 1 is 0.794 bits per heavy atom. The van der Waals surface area contributed by atoms with Gasteiger partial charge in [-0.3, -0.25) is 0 Å². The SMILES string of the molecule is CCCCCc1c(C)cc(Oc2ccc(OCCOc3ccc(C(=O)O)cc3)cc2)c(C)c1C. The lowest BCUT2D eigenvalue weighted by atomic mass is 9.93. The monoisotopic (exact) mass is 462 g/mol. The lowest BCUT2D eigenvalue weighted by molar-refractivity contribution is 0.0697. The van der Waals surface area contributed by atoms with E-state index in [0.717, 1.165) is 23.7 Å². The van der Waals surface area contributed by atoms with Crippen LogP contribution in [0.2, 0.25) is 0 Å². The smallest absolute Gasteiger partial charge is 0.335 e.